The second-order valence-corrected chi connectivity index (χ2v) is 27.8. The predicted octanol–water partition coefficient (Wildman–Crippen LogP) is 8.32. The number of imide groups is 1. The van der Waals surface area contributed by atoms with Crippen molar-refractivity contribution in [1.82, 2.24) is 35.7 Å². The maximum Gasteiger partial charge on any atom is 0.410 e. The Labute approximate surface area is 596 Å². The molecule has 0 unspecified atom stereocenters. The number of likely N-dealkylation sites (N-methyl/N-ethyl adjacent to an activating group) is 2. The number of nitrogens with two attached hydrogens (primary N) is 1. The predicted molar refractivity (Wildman–Crippen MR) is 378 cm³/mol. The molecule has 0 aromatic heterocycles. The fourth-order valence-corrected chi connectivity index (χ4v) is 12.6. The van der Waals surface area contributed by atoms with Gasteiger partial charge in [0.15, 0.2) is 11.6 Å². The number of rotatable bonds is 42. The smallest absolute Gasteiger partial charge is 0.410 e. The summed E-state index contributed by atoms with van der Waals surface area (Å²) in [5, 5.41) is 21.1. The van der Waals surface area contributed by atoms with Crippen molar-refractivity contribution < 1.29 is 86.5 Å². The number of urea groups is 1. The second kappa shape index (κ2) is 44.1. The summed E-state index contributed by atoms with van der Waals surface area (Å²) < 4.78 is 17.1. The Hall–Kier alpha value is -8.33. The Bertz CT molecular complexity index is 3040. The molecule has 2 saturated heterocycles. The van der Waals surface area contributed by atoms with Crippen molar-refractivity contribution >= 4 is 82.7 Å². The molecule has 2 aromatic rings. The van der Waals surface area contributed by atoms with E-state index in [2.05, 4.69) is 35.1 Å². The molecule has 0 spiro atoms. The van der Waals surface area contributed by atoms with Crippen molar-refractivity contribution in [1.29, 1.82) is 0 Å². The lowest BCUT2D eigenvalue weighted by Crippen LogP contribution is -2.54. The summed E-state index contributed by atoms with van der Waals surface area (Å²) in [6.45, 7) is 21.5. The van der Waals surface area contributed by atoms with Gasteiger partial charge in [0.05, 0.1) is 48.7 Å². The van der Waals surface area contributed by atoms with Crippen LogP contribution >= 0.6 is 0 Å². The molecule has 2 aliphatic rings. The van der Waals surface area contributed by atoms with E-state index in [4.69, 9.17) is 24.8 Å². The van der Waals surface area contributed by atoms with E-state index in [-0.39, 0.29) is 130 Å². The van der Waals surface area contributed by atoms with Gasteiger partial charge in [-0.3, -0.25) is 43.2 Å². The van der Waals surface area contributed by atoms with E-state index in [1.54, 1.807) is 76.0 Å². The molecule has 2 fully saturated rings. The van der Waals surface area contributed by atoms with Crippen molar-refractivity contribution in [2.75, 3.05) is 46.7 Å². The number of ether oxygens (including phenoxy) is 3. The molecule has 10 amide bonds. The number of amides is 10. The highest BCUT2D eigenvalue weighted by Crippen LogP contribution is 2.30. The molecule has 27 heteroatoms. The first-order chi connectivity index (χ1) is 47.7. The average Bonchev–Trinajstić information content (AvgIpc) is 1.62. The highest BCUT2D eigenvalue weighted by atomic mass is 16.7. The molecular formula is C74H115N9O18. The molecule has 2 heterocycles. The van der Waals surface area contributed by atoms with Crippen molar-refractivity contribution in [2.45, 2.75) is 234 Å². The van der Waals surface area contributed by atoms with Gasteiger partial charge in [0, 0.05) is 105 Å². The van der Waals surface area contributed by atoms with Crippen LogP contribution in [0.1, 0.15) is 190 Å². The molecule has 0 radical (unpaired) electrons. The summed E-state index contributed by atoms with van der Waals surface area (Å²) >= 11 is 0. The highest BCUT2D eigenvalue weighted by Gasteiger charge is 2.43. The summed E-state index contributed by atoms with van der Waals surface area (Å²) in [7, 11) is 6.36. The number of hydroxylamine groups is 2. The number of likely N-dealkylation sites (tertiary alicyclic amines) is 1. The van der Waals surface area contributed by atoms with Crippen molar-refractivity contribution in [3.05, 3.63) is 65.7 Å². The van der Waals surface area contributed by atoms with Crippen LogP contribution in [0.3, 0.4) is 0 Å². The number of Topliss-reactive ketones (excluding diaryl/α,β-unsaturated/α-hetero) is 2. The van der Waals surface area contributed by atoms with Gasteiger partial charge in [-0.1, -0.05) is 131 Å². The molecule has 2 aromatic carbocycles. The van der Waals surface area contributed by atoms with E-state index in [1.807, 2.05) is 65.0 Å². The first-order valence-electron chi connectivity index (χ1n) is 35.6. The lowest BCUT2D eigenvalue weighted by molar-refractivity contribution is -0.197. The van der Waals surface area contributed by atoms with Crippen LogP contribution < -0.4 is 27.0 Å². The number of carboxylic acids is 1. The molecule has 2 aliphatic heterocycles. The van der Waals surface area contributed by atoms with E-state index in [0.717, 1.165) is 18.4 Å². The van der Waals surface area contributed by atoms with Crippen LogP contribution in [-0.4, -0.2) is 186 Å². The van der Waals surface area contributed by atoms with Crippen LogP contribution in [0.25, 0.3) is 0 Å². The first kappa shape index (κ1) is 86.9. The minimum absolute atomic E-state index is 0.0112. The number of benzene rings is 2. The number of ketones is 2. The van der Waals surface area contributed by atoms with Gasteiger partial charge in [-0.15, -0.1) is 5.06 Å². The molecular weight excluding hydrogens is 1300 g/mol. The van der Waals surface area contributed by atoms with Crippen molar-refractivity contribution in [2.24, 2.45) is 47.2 Å². The Balaban J connectivity index is 0.000000572. The number of carbonyl (C=O) groups excluding carboxylic acids is 12. The van der Waals surface area contributed by atoms with Gasteiger partial charge in [-0.2, -0.15) is 0 Å². The average molecular weight is 1420 g/mol. The van der Waals surface area contributed by atoms with Crippen LogP contribution in [0.15, 0.2) is 54.6 Å². The number of hydrogen-bond acceptors (Lipinski definition) is 17. The number of nitrogens with one attached hydrogen (secondary N) is 4. The Morgan fingerprint density at radius 2 is 1.32 bits per heavy atom. The van der Waals surface area contributed by atoms with E-state index < -0.39 is 89.9 Å². The normalized spacial score (nSPS) is 16.6. The molecule has 4 rings (SSSR count). The lowest BCUT2D eigenvalue weighted by atomic mass is 9.87. The number of carboxylic acid groups (broad SMARTS) is 1. The van der Waals surface area contributed by atoms with Crippen molar-refractivity contribution in [3.8, 4) is 0 Å². The minimum atomic E-state index is -1.12. The van der Waals surface area contributed by atoms with Gasteiger partial charge in [0.1, 0.15) is 12.6 Å². The fourth-order valence-electron chi connectivity index (χ4n) is 12.6. The largest absolute Gasteiger partial charge is 0.480 e. The number of primary amides is 1. The molecule has 7 N–H and O–H groups in total. The number of nitrogens with zero attached hydrogens (tertiary/aromatic N) is 4. The quantitative estimate of drug-likeness (QED) is 0.0269. The maximum absolute atomic E-state index is 13.6. The Kier molecular flexibility index (Phi) is 38.0. The Morgan fingerprint density at radius 1 is 0.693 bits per heavy atom. The third-order valence-electron chi connectivity index (χ3n) is 19.1. The van der Waals surface area contributed by atoms with E-state index in [1.165, 1.54) is 18.9 Å². The SMILES string of the molecule is CC(C)[C@H](NC(=O)CCCCCCC(=O)ON1C(=O)CCC1=O)C(=O)C[C@@H](CCCNC(N)=O)C(=O)Nc1ccc(COC(=O)N(C)[C@H](C(=O)C[C@H](C)C(C)C)C(C)C)cc1.CC[C@H](C)[C@@H]([C@@H](CC(=O)N1CCC[C@H]1[C@H](OC)[C@@H](C)C(=O)N[C@@H](Cc1ccccc1)C(=O)O)OC)N(C)C(C)=O. The van der Waals surface area contributed by atoms with Crippen LogP contribution in [0, 0.1) is 41.4 Å². The molecule has 27 nitrogen and oxygen atoms in total. The number of aliphatic carboxylic acids is 1. The van der Waals surface area contributed by atoms with Gasteiger partial charge in [0.2, 0.25) is 29.5 Å². The zero-order valence-electron chi connectivity index (χ0n) is 62.2. The summed E-state index contributed by atoms with van der Waals surface area (Å²) in [6.07, 6.45) is 3.91. The second-order valence-electron chi connectivity index (χ2n) is 27.8. The van der Waals surface area contributed by atoms with Crippen molar-refractivity contribution in [3.63, 3.8) is 0 Å². The molecule has 0 aliphatic carbocycles. The topological polar surface area (TPSA) is 366 Å². The fraction of sp³-hybridized carbons (Fsp3) is 0.662. The first-order valence-corrected chi connectivity index (χ1v) is 35.6. The van der Waals surface area contributed by atoms with Gasteiger partial charge in [-0.25, -0.2) is 19.2 Å². The van der Waals surface area contributed by atoms with Crippen LogP contribution in [0.2, 0.25) is 0 Å². The van der Waals surface area contributed by atoms with Crippen LogP contribution in [0.4, 0.5) is 15.3 Å². The number of methoxy groups -OCH3 is 2. The Morgan fingerprint density at radius 3 is 1.86 bits per heavy atom. The number of carbonyl (C=O) groups is 13. The number of anilines is 1. The zero-order valence-corrected chi connectivity index (χ0v) is 62.2. The van der Waals surface area contributed by atoms with Gasteiger partial charge >= 0.3 is 24.1 Å². The lowest BCUT2D eigenvalue weighted by Gasteiger charge is -2.39. The molecule has 0 bridgehead atoms. The van der Waals surface area contributed by atoms with Gasteiger partial charge in [-0.05, 0) is 91.4 Å². The third kappa shape index (κ3) is 28.9. The summed E-state index contributed by atoms with van der Waals surface area (Å²) in [6, 6.07) is 11.9. The highest BCUT2D eigenvalue weighted by molar-refractivity contribution is 6.01. The van der Waals surface area contributed by atoms with Crippen LogP contribution in [-0.2, 0) is 84.8 Å². The maximum atomic E-state index is 13.6. The summed E-state index contributed by atoms with van der Waals surface area (Å²) in [4.78, 5) is 173. The number of unbranched alkanes of at least 4 members (excludes halogenated alkanes) is 3. The molecule has 564 valence electrons. The zero-order chi connectivity index (χ0) is 75.8. The number of hydrogen-bond donors (Lipinski definition) is 6. The monoisotopic (exact) mass is 1420 g/mol. The van der Waals surface area contributed by atoms with E-state index >= 15 is 0 Å². The van der Waals surface area contributed by atoms with Gasteiger partial charge < -0.3 is 65.9 Å². The third-order valence-corrected chi connectivity index (χ3v) is 19.1. The van der Waals surface area contributed by atoms with E-state index in [0.29, 0.717) is 73.7 Å². The minimum Gasteiger partial charge on any atom is -0.480 e. The molecule has 101 heavy (non-hydrogen) atoms. The van der Waals surface area contributed by atoms with E-state index in [9.17, 15) is 67.4 Å². The standard InChI is InChI=1S/C44H68N6O11.C30H47N3O7/c1-27(2)30(7)24-35(52)41(29(5)6)49(8)44(59)60-26-31-17-19-33(20-18-31)47-42(57)32(14-13-23-46-43(45)58)25-34(51)40(28(3)4)48-36(53)15-11-9-10-12-16-39(56)61-50-37(54)21-22-38(50)55;1-8-19(2)27(32(5)21(4)34)25(39-6)18-26(35)33-16-12-15-24(33)28(40-7)20(3)29(36)31-23(30(37)38)17-22-13-10-9-11-14-22/h17-20,27-30,32,40-41H,9-16,21-26H2,1-8H3,(H,47,57)(H,48,53)(H3,45,46,58);9-11,13-14,19-20,23-25,27-28H,8,12,15-18H2,1-7H3,(H,31,36)(H,37,38)/t30-,32+,40-,41-;19-,20+,23-,24-,25+,27-,28+/m00/s1. The molecule has 0 saturated carbocycles. The molecule has 11 atom stereocenters. The summed E-state index contributed by atoms with van der Waals surface area (Å²) in [5.74, 6) is -5.87. The summed E-state index contributed by atoms with van der Waals surface area (Å²) in [5.41, 5.74) is 7.09. The van der Waals surface area contributed by atoms with Gasteiger partial charge in [0.25, 0.3) is 11.8 Å². The van der Waals surface area contributed by atoms with Crippen LogP contribution in [0.5, 0.6) is 0 Å².